The van der Waals surface area contributed by atoms with Crippen LogP contribution in [0.25, 0.3) is 32.8 Å². The number of hydrogen-bond acceptors (Lipinski definition) is 3. The SMILES string of the molecule is CN(C)c1c2c(cc3ccccc13)-c1nccc3cc(CC(C)(C)C(F)(F)F)cc(c13)O2. The standard InChI is InChI=1S/C26H23F3N2O/c1-25(2,26(27,28)29)14-15-11-17-9-10-30-22-19-13-16-7-5-6-8-18(16)23(31(3)4)24(19)32-20(12-15)21(17)22/h5-13H,14H2,1-4H3. The first-order valence-corrected chi connectivity index (χ1v) is 10.5. The Bertz CT molecular complexity index is 1370. The highest BCUT2D eigenvalue weighted by molar-refractivity contribution is 6.09. The molecule has 0 saturated heterocycles. The molecule has 1 aliphatic heterocycles. The molecule has 32 heavy (non-hydrogen) atoms. The van der Waals surface area contributed by atoms with Gasteiger partial charge in [-0.2, -0.15) is 13.2 Å². The highest BCUT2D eigenvalue weighted by Crippen LogP contribution is 2.52. The first-order valence-electron chi connectivity index (χ1n) is 10.5. The molecule has 0 aliphatic carbocycles. The van der Waals surface area contributed by atoms with E-state index in [9.17, 15) is 13.2 Å². The molecule has 0 radical (unpaired) electrons. The van der Waals surface area contributed by atoms with E-state index in [1.807, 2.05) is 49.3 Å². The van der Waals surface area contributed by atoms with Crippen LogP contribution in [0.5, 0.6) is 11.5 Å². The number of nitrogens with zero attached hydrogens (tertiary/aromatic N) is 2. The van der Waals surface area contributed by atoms with Gasteiger partial charge >= 0.3 is 6.18 Å². The maximum Gasteiger partial charge on any atom is 0.394 e. The predicted molar refractivity (Wildman–Crippen MR) is 123 cm³/mol. The van der Waals surface area contributed by atoms with Gasteiger partial charge in [0.2, 0.25) is 0 Å². The van der Waals surface area contributed by atoms with Crippen molar-refractivity contribution in [2.75, 3.05) is 19.0 Å². The molecule has 3 nitrogen and oxygen atoms in total. The Hall–Kier alpha value is -3.28. The molecule has 5 rings (SSSR count). The summed E-state index contributed by atoms with van der Waals surface area (Å²) in [5.74, 6) is 1.22. The fraction of sp³-hybridized carbons (Fsp3) is 0.269. The van der Waals surface area contributed by atoms with Crippen LogP contribution >= 0.6 is 0 Å². The Morgan fingerprint density at radius 2 is 1.72 bits per heavy atom. The molecule has 1 aliphatic rings. The minimum absolute atomic E-state index is 0.133. The smallest absolute Gasteiger partial charge is 0.394 e. The van der Waals surface area contributed by atoms with Crippen molar-refractivity contribution in [3.63, 3.8) is 0 Å². The number of halogens is 3. The van der Waals surface area contributed by atoms with Gasteiger partial charge in [-0.1, -0.05) is 44.2 Å². The zero-order chi connectivity index (χ0) is 22.8. The van der Waals surface area contributed by atoms with Crippen LogP contribution in [0.15, 0.2) is 54.7 Å². The second-order valence-corrected chi connectivity index (χ2v) is 9.23. The Labute approximate surface area is 184 Å². The summed E-state index contributed by atoms with van der Waals surface area (Å²) in [7, 11) is 3.91. The first kappa shape index (κ1) is 20.6. The van der Waals surface area contributed by atoms with E-state index in [1.165, 1.54) is 13.8 Å². The lowest BCUT2D eigenvalue weighted by molar-refractivity contribution is -0.211. The van der Waals surface area contributed by atoms with Crippen molar-refractivity contribution in [2.45, 2.75) is 26.4 Å². The van der Waals surface area contributed by atoms with Crippen LogP contribution in [0.3, 0.4) is 0 Å². The molecule has 0 bridgehead atoms. The lowest BCUT2D eigenvalue weighted by Gasteiger charge is -2.29. The molecule has 0 fully saturated rings. The molecule has 164 valence electrons. The molecule has 0 unspecified atom stereocenters. The predicted octanol–water partition coefficient (Wildman–Crippen LogP) is 7.36. The van der Waals surface area contributed by atoms with E-state index in [-0.39, 0.29) is 6.42 Å². The summed E-state index contributed by atoms with van der Waals surface area (Å²) in [6.45, 7) is 2.46. The van der Waals surface area contributed by atoms with Gasteiger partial charge < -0.3 is 9.64 Å². The van der Waals surface area contributed by atoms with Crippen LogP contribution in [0.2, 0.25) is 0 Å². The summed E-state index contributed by atoms with van der Waals surface area (Å²) in [5, 5.41) is 3.77. The maximum absolute atomic E-state index is 13.5. The van der Waals surface area contributed by atoms with Gasteiger partial charge in [-0.15, -0.1) is 0 Å². The lowest BCUT2D eigenvalue weighted by Crippen LogP contribution is -2.34. The molecule has 0 spiro atoms. The van der Waals surface area contributed by atoms with E-state index in [0.717, 1.165) is 38.5 Å². The summed E-state index contributed by atoms with van der Waals surface area (Å²) in [6, 6.07) is 15.5. The number of ether oxygens (including phenoxy) is 1. The van der Waals surface area contributed by atoms with Crippen molar-refractivity contribution in [2.24, 2.45) is 5.41 Å². The van der Waals surface area contributed by atoms with Crippen molar-refractivity contribution in [1.29, 1.82) is 0 Å². The van der Waals surface area contributed by atoms with Gasteiger partial charge in [0.1, 0.15) is 5.75 Å². The van der Waals surface area contributed by atoms with E-state index in [2.05, 4.69) is 17.1 Å². The van der Waals surface area contributed by atoms with Crippen LogP contribution in [-0.2, 0) is 6.42 Å². The largest absolute Gasteiger partial charge is 0.454 e. The molecule has 3 aromatic carbocycles. The quantitative estimate of drug-likeness (QED) is 0.295. The van der Waals surface area contributed by atoms with Gasteiger partial charge in [0.25, 0.3) is 0 Å². The molecule has 4 aromatic rings. The van der Waals surface area contributed by atoms with E-state index < -0.39 is 11.6 Å². The normalized spacial score (nSPS) is 13.2. The molecular formula is C26H23F3N2O. The first-order chi connectivity index (χ1) is 15.1. The number of hydrogen-bond donors (Lipinski definition) is 0. The average Bonchev–Trinajstić information content (AvgIpc) is 2.71. The zero-order valence-electron chi connectivity index (χ0n) is 18.3. The minimum atomic E-state index is -4.30. The number of alkyl halides is 3. The Kier molecular flexibility index (Phi) is 4.42. The highest BCUT2D eigenvalue weighted by atomic mass is 19.4. The summed E-state index contributed by atoms with van der Waals surface area (Å²) in [4.78, 5) is 6.65. The Morgan fingerprint density at radius 1 is 0.969 bits per heavy atom. The maximum atomic E-state index is 13.5. The highest BCUT2D eigenvalue weighted by Gasteiger charge is 2.47. The molecule has 6 heteroatoms. The van der Waals surface area contributed by atoms with Crippen molar-refractivity contribution in [3.05, 3.63) is 60.3 Å². The molecule has 0 amide bonds. The van der Waals surface area contributed by atoms with Crippen LogP contribution in [0, 0.1) is 5.41 Å². The summed E-state index contributed by atoms with van der Waals surface area (Å²) < 4.78 is 47.0. The molecule has 1 aromatic heterocycles. The third-order valence-corrected chi connectivity index (χ3v) is 6.19. The zero-order valence-corrected chi connectivity index (χ0v) is 18.3. The average molecular weight is 436 g/mol. The topological polar surface area (TPSA) is 25.4 Å². The molecule has 0 saturated carbocycles. The lowest BCUT2D eigenvalue weighted by atomic mass is 9.84. The van der Waals surface area contributed by atoms with Gasteiger partial charge in [0.15, 0.2) is 5.75 Å². The van der Waals surface area contributed by atoms with E-state index in [4.69, 9.17) is 4.74 Å². The van der Waals surface area contributed by atoms with Crippen molar-refractivity contribution < 1.29 is 17.9 Å². The second kappa shape index (κ2) is 6.86. The fourth-order valence-corrected chi connectivity index (χ4v) is 4.48. The monoisotopic (exact) mass is 436 g/mol. The number of aromatic nitrogens is 1. The van der Waals surface area contributed by atoms with Gasteiger partial charge in [-0.05, 0) is 41.0 Å². The number of rotatable bonds is 3. The molecule has 2 heterocycles. The van der Waals surface area contributed by atoms with Crippen molar-refractivity contribution in [1.82, 2.24) is 4.98 Å². The second-order valence-electron chi connectivity index (χ2n) is 9.23. The van der Waals surface area contributed by atoms with Crippen molar-refractivity contribution >= 4 is 27.2 Å². The van der Waals surface area contributed by atoms with Gasteiger partial charge in [-0.25, -0.2) is 0 Å². The minimum Gasteiger partial charge on any atom is -0.454 e. The third-order valence-electron chi connectivity index (χ3n) is 6.19. The number of benzene rings is 3. The summed E-state index contributed by atoms with van der Waals surface area (Å²) >= 11 is 0. The van der Waals surface area contributed by atoms with E-state index in [1.54, 1.807) is 12.3 Å². The van der Waals surface area contributed by atoms with Crippen LogP contribution in [0.4, 0.5) is 18.9 Å². The van der Waals surface area contributed by atoms with Crippen molar-refractivity contribution in [3.8, 4) is 22.8 Å². The summed E-state index contributed by atoms with van der Waals surface area (Å²) in [6.07, 6.45) is -2.72. The number of pyridine rings is 1. The Morgan fingerprint density at radius 3 is 2.44 bits per heavy atom. The van der Waals surface area contributed by atoms with Crippen LogP contribution in [-0.4, -0.2) is 25.3 Å². The van der Waals surface area contributed by atoms with Gasteiger partial charge in [0, 0.05) is 31.2 Å². The molecule has 0 atom stereocenters. The number of fused-ring (bicyclic) bond motifs is 3. The molecule has 0 N–H and O–H groups in total. The molecular weight excluding hydrogens is 413 g/mol. The van der Waals surface area contributed by atoms with Crippen LogP contribution in [0.1, 0.15) is 19.4 Å². The number of anilines is 1. The van der Waals surface area contributed by atoms with E-state index in [0.29, 0.717) is 17.1 Å². The van der Waals surface area contributed by atoms with Gasteiger partial charge in [-0.3, -0.25) is 4.98 Å². The van der Waals surface area contributed by atoms with E-state index >= 15 is 0 Å². The van der Waals surface area contributed by atoms with Gasteiger partial charge in [0.05, 0.1) is 22.2 Å². The Balaban J connectivity index is 1.76. The summed E-state index contributed by atoms with van der Waals surface area (Å²) in [5.41, 5.74) is 1.33. The fourth-order valence-electron chi connectivity index (χ4n) is 4.48. The third kappa shape index (κ3) is 3.08. The van der Waals surface area contributed by atoms with Crippen LogP contribution < -0.4 is 9.64 Å².